The van der Waals surface area contributed by atoms with Gasteiger partial charge in [0.2, 0.25) is 0 Å². The Morgan fingerprint density at radius 2 is 2.44 bits per heavy atom. The van der Waals surface area contributed by atoms with Gasteiger partial charge in [-0.05, 0) is 12.8 Å². The van der Waals surface area contributed by atoms with Crippen LogP contribution < -0.4 is 5.73 Å². The number of amidine groups is 1. The first kappa shape index (κ1) is 6.08. The zero-order chi connectivity index (χ0) is 6.69. The molecule has 9 heavy (non-hydrogen) atoms. The maximum absolute atomic E-state index is 7.03. The van der Waals surface area contributed by atoms with Crippen molar-refractivity contribution < 1.29 is 0 Å². The number of rotatable bonds is 1. The van der Waals surface area contributed by atoms with Crippen LogP contribution in [-0.4, -0.2) is 5.84 Å². The summed E-state index contributed by atoms with van der Waals surface area (Å²) in [5.41, 5.74) is 6.05. The van der Waals surface area contributed by atoms with Crippen LogP contribution in [-0.2, 0) is 0 Å². The number of nitrogens with two attached hydrogens (primary N) is 1. The molecule has 1 aliphatic rings. The molecule has 0 unspecified atom stereocenters. The lowest BCUT2D eigenvalue weighted by molar-refractivity contribution is 1.24. The molecule has 3 N–H and O–H groups in total. The Balaban J connectivity index is 2.69. The molecule has 0 spiro atoms. The predicted molar refractivity (Wildman–Crippen MR) is 38.1 cm³/mol. The largest absolute Gasteiger partial charge is 0.384 e. The smallest absolute Gasteiger partial charge is 0.122 e. The van der Waals surface area contributed by atoms with E-state index in [9.17, 15) is 0 Å². The average Bonchev–Trinajstić information content (AvgIpc) is 1.90. The highest BCUT2D eigenvalue weighted by atomic mass is 14.7. The summed E-state index contributed by atoms with van der Waals surface area (Å²) >= 11 is 0. The lowest BCUT2D eigenvalue weighted by atomic mass is 10.1. The van der Waals surface area contributed by atoms with Gasteiger partial charge in [-0.3, -0.25) is 5.41 Å². The molecule has 0 aromatic carbocycles. The lowest BCUT2D eigenvalue weighted by Crippen LogP contribution is -2.12. The van der Waals surface area contributed by atoms with Crippen LogP contribution in [0.15, 0.2) is 23.8 Å². The first-order valence-electron chi connectivity index (χ1n) is 2.85. The van der Waals surface area contributed by atoms with Crippen LogP contribution in [0.3, 0.4) is 0 Å². The minimum atomic E-state index is 0.152. The third kappa shape index (κ3) is 1.42. The summed E-state index contributed by atoms with van der Waals surface area (Å²) in [6.45, 7) is 0. The minimum absolute atomic E-state index is 0.152. The van der Waals surface area contributed by atoms with Gasteiger partial charge in [-0.1, -0.05) is 18.2 Å². The molecular weight excluding hydrogens is 112 g/mol. The van der Waals surface area contributed by atoms with E-state index in [2.05, 4.69) is 0 Å². The monoisotopic (exact) mass is 121 g/mol. The summed E-state index contributed by atoms with van der Waals surface area (Å²) in [6, 6.07) is 0. The fourth-order valence-electron chi connectivity index (χ4n) is 0.713. The van der Waals surface area contributed by atoms with Crippen LogP contribution in [0.4, 0.5) is 0 Å². The van der Waals surface area contributed by atoms with Crippen molar-refractivity contribution in [3.63, 3.8) is 0 Å². The van der Waals surface area contributed by atoms with E-state index in [4.69, 9.17) is 11.1 Å². The summed E-state index contributed by atoms with van der Waals surface area (Å²) in [5, 5.41) is 7.03. The van der Waals surface area contributed by atoms with Crippen molar-refractivity contribution >= 4 is 5.84 Å². The first-order chi connectivity index (χ1) is 4.30. The van der Waals surface area contributed by atoms with Crippen LogP contribution in [0.25, 0.3) is 0 Å². The molecule has 0 bridgehead atoms. The van der Waals surface area contributed by atoms with Crippen molar-refractivity contribution in [1.82, 2.24) is 0 Å². The normalized spacial score (nSPS) is 17.1. The van der Waals surface area contributed by atoms with Gasteiger partial charge in [0.05, 0.1) is 0 Å². The Hall–Kier alpha value is -1.05. The van der Waals surface area contributed by atoms with Crippen molar-refractivity contribution in [3.05, 3.63) is 30.2 Å². The molecule has 1 aliphatic carbocycles. The van der Waals surface area contributed by atoms with Gasteiger partial charge in [0.15, 0.2) is 0 Å². The molecule has 0 aliphatic heterocycles. The van der Waals surface area contributed by atoms with Crippen LogP contribution >= 0.6 is 0 Å². The van der Waals surface area contributed by atoms with Gasteiger partial charge in [-0.2, -0.15) is 0 Å². The maximum atomic E-state index is 7.03. The maximum Gasteiger partial charge on any atom is 0.122 e. The second-order valence-electron chi connectivity index (χ2n) is 1.90. The zero-order valence-electron chi connectivity index (χ0n) is 5.09. The Bertz CT molecular complexity index is 177. The predicted octanol–water partition coefficient (Wildman–Crippen LogP) is 1.01. The highest BCUT2D eigenvalue weighted by Gasteiger charge is 1.97. The topological polar surface area (TPSA) is 49.9 Å². The van der Waals surface area contributed by atoms with E-state index in [-0.39, 0.29) is 5.84 Å². The van der Waals surface area contributed by atoms with Gasteiger partial charge in [-0.25, -0.2) is 0 Å². The molecule has 0 amide bonds. The van der Waals surface area contributed by atoms with Crippen LogP contribution in [0.5, 0.6) is 0 Å². The molecule has 0 aromatic heterocycles. The molecule has 0 atom stereocenters. The number of allylic oxidation sites excluding steroid dienone is 2. The van der Waals surface area contributed by atoms with Crippen molar-refractivity contribution in [2.24, 2.45) is 5.73 Å². The Kier molecular flexibility index (Phi) is 1.68. The Labute approximate surface area is 54.6 Å². The fourth-order valence-corrected chi connectivity index (χ4v) is 0.713. The number of nitrogens with one attached hydrogen (secondary N) is 1. The van der Waals surface area contributed by atoms with Crippen molar-refractivity contribution in [3.8, 4) is 0 Å². The highest BCUT2D eigenvalue weighted by Crippen LogP contribution is 2.07. The van der Waals surface area contributed by atoms with E-state index in [1.165, 1.54) is 0 Å². The summed E-state index contributed by atoms with van der Waals surface area (Å²) in [4.78, 5) is 0. The summed E-state index contributed by atoms with van der Waals surface area (Å²) in [7, 11) is 0. The Morgan fingerprint density at radius 1 is 1.67 bits per heavy atom. The van der Waals surface area contributed by atoms with Gasteiger partial charge in [-0.15, -0.1) is 0 Å². The lowest BCUT2D eigenvalue weighted by Gasteiger charge is -2.02. The Morgan fingerprint density at radius 3 is 2.78 bits per heavy atom. The van der Waals surface area contributed by atoms with E-state index in [1.807, 2.05) is 24.6 Å². The number of hydrogen-bond donors (Lipinski definition) is 2. The van der Waals surface area contributed by atoms with E-state index in [1.54, 1.807) is 0 Å². The number of hydrogen-bond acceptors (Lipinski definition) is 1. The van der Waals surface area contributed by atoms with Gasteiger partial charge in [0, 0.05) is 5.57 Å². The third-order valence-electron chi connectivity index (χ3n) is 1.20. The molecule has 0 saturated carbocycles. The summed E-state index contributed by atoms with van der Waals surface area (Å²) in [5.74, 6) is 0.152. The summed E-state index contributed by atoms with van der Waals surface area (Å²) < 4.78 is 0. The van der Waals surface area contributed by atoms with E-state index in [0.29, 0.717) is 0 Å². The quantitative estimate of drug-likeness (QED) is 0.395. The van der Waals surface area contributed by atoms with E-state index >= 15 is 0 Å². The molecule has 1 radical (unpaired) electrons. The first-order valence-corrected chi connectivity index (χ1v) is 2.85. The van der Waals surface area contributed by atoms with Gasteiger partial charge < -0.3 is 5.73 Å². The van der Waals surface area contributed by atoms with Gasteiger partial charge in [0.25, 0.3) is 0 Å². The minimum Gasteiger partial charge on any atom is -0.384 e. The van der Waals surface area contributed by atoms with Gasteiger partial charge in [0.1, 0.15) is 5.84 Å². The van der Waals surface area contributed by atoms with Gasteiger partial charge >= 0.3 is 0 Å². The zero-order valence-corrected chi connectivity index (χ0v) is 5.09. The second-order valence-corrected chi connectivity index (χ2v) is 1.90. The van der Waals surface area contributed by atoms with Crippen molar-refractivity contribution in [2.45, 2.75) is 6.42 Å². The molecule has 0 saturated heterocycles. The van der Waals surface area contributed by atoms with E-state index in [0.717, 1.165) is 12.0 Å². The average molecular weight is 121 g/mol. The van der Waals surface area contributed by atoms with Crippen LogP contribution in [0, 0.1) is 11.8 Å². The molecule has 1 rings (SSSR count). The van der Waals surface area contributed by atoms with Crippen LogP contribution in [0.2, 0.25) is 0 Å². The summed E-state index contributed by atoms with van der Waals surface area (Å²) in [6.07, 6.45) is 8.60. The standard InChI is InChI=1S/C7H9N2/c8-7(9)6-4-2-1-3-5-6/h1-2,4-5H,3H2,(H3,8,9). The van der Waals surface area contributed by atoms with Crippen LogP contribution in [0.1, 0.15) is 6.42 Å². The molecule has 0 heterocycles. The molecule has 0 aromatic rings. The second kappa shape index (κ2) is 2.49. The third-order valence-corrected chi connectivity index (χ3v) is 1.20. The molecule has 2 nitrogen and oxygen atoms in total. The molecule has 0 fully saturated rings. The van der Waals surface area contributed by atoms with Crippen molar-refractivity contribution in [1.29, 1.82) is 5.41 Å². The molecule has 47 valence electrons. The SMILES string of the molecule is N=C(N)C1=CC[CH]C=C1. The molecule has 2 heteroatoms. The fraction of sp³-hybridized carbons (Fsp3) is 0.143. The van der Waals surface area contributed by atoms with Crippen molar-refractivity contribution in [2.75, 3.05) is 0 Å². The molecular formula is C7H9N2. The van der Waals surface area contributed by atoms with E-state index < -0.39 is 0 Å². The highest BCUT2D eigenvalue weighted by molar-refractivity contribution is 5.97.